The standard InChI is InChI=1S/C15H28N4O.HI/c1-16-14(19-10-6-7-11-19)17-12-15(8-4-5-9-15)13(20)18(2)3;/h4-12H2,1-3H3,(H,16,17);1H. The molecule has 1 amide bonds. The molecule has 2 fully saturated rings. The molecule has 2 aliphatic rings. The molecule has 0 bridgehead atoms. The number of carbonyl (C=O) groups is 1. The number of aliphatic imine (C=N–C) groups is 1. The molecule has 0 unspecified atom stereocenters. The lowest BCUT2D eigenvalue weighted by Crippen LogP contribution is -2.49. The molecule has 5 nitrogen and oxygen atoms in total. The molecule has 1 aliphatic carbocycles. The molecule has 1 saturated carbocycles. The monoisotopic (exact) mass is 408 g/mol. The molecule has 1 saturated heterocycles. The van der Waals surface area contributed by atoms with E-state index >= 15 is 0 Å². The van der Waals surface area contributed by atoms with Gasteiger partial charge in [-0.05, 0) is 25.7 Å². The van der Waals surface area contributed by atoms with Crippen LogP contribution in [0.2, 0.25) is 0 Å². The highest BCUT2D eigenvalue weighted by atomic mass is 127. The average Bonchev–Trinajstić information content (AvgIpc) is 3.10. The van der Waals surface area contributed by atoms with Crippen molar-refractivity contribution >= 4 is 35.8 Å². The van der Waals surface area contributed by atoms with Gasteiger partial charge in [0.2, 0.25) is 5.91 Å². The topological polar surface area (TPSA) is 47.9 Å². The van der Waals surface area contributed by atoms with Crippen LogP contribution in [0.1, 0.15) is 38.5 Å². The number of likely N-dealkylation sites (tertiary alicyclic amines) is 1. The van der Waals surface area contributed by atoms with Crippen LogP contribution < -0.4 is 5.32 Å². The number of amides is 1. The van der Waals surface area contributed by atoms with Gasteiger partial charge in [-0.2, -0.15) is 0 Å². The second kappa shape index (κ2) is 8.19. The molecule has 0 aromatic carbocycles. The summed E-state index contributed by atoms with van der Waals surface area (Å²) in [7, 11) is 5.55. The zero-order chi connectivity index (χ0) is 14.6. The van der Waals surface area contributed by atoms with Gasteiger partial charge in [0.05, 0.1) is 5.41 Å². The quantitative estimate of drug-likeness (QED) is 0.441. The van der Waals surface area contributed by atoms with E-state index in [1.165, 1.54) is 12.8 Å². The molecule has 0 radical (unpaired) electrons. The fourth-order valence-corrected chi connectivity index (χ4v) is 3.50. The van der Waals surface area contributed by atoms with Gasteiger partial charge in [0.15, 0.2) is 5.96 Å². The Hall–Kier alpha value is -0.530. The fourth-order valence-electron chi connectivity index (χ4n) is 3.50. The second-order valence-corrected chi connectivity index (χ2v) is 6.28. The third-order valence-electron chi connectivity index (χ3n) is 4.62. The van der Waals surface area contributed by atoms with Crippen molar-refractivity contribution in [2.45, 2.75) is 38.5 Å². The smallest absolute Gasteiger partial charge is 0.230 e. The summed E-state index contributed by atoms with van der Waals surface area (Å²) in [5.74, 6) is 1.22. The van der Waals surface area contributed by atoms with Crippen molar-refractivity contribution in [1.29, 1.82) is 0 Å². The van der Waals surface area contributed by atoms with Crippen LogP contribution >= 0.6 is 24.0 Å². The van der Waals surface area contributed by atoms with E-state index in [-0.39, 0.29) is 35.3 Å². The molecule has 0 spiro atoms. The number of hydrogen-bond donors (Lipinski definition) is 1. The average molecular weight is 408 g/mol. The summed E-state index contributed by atoms with van der Waals surface area (Å²) in [5.41, 5.74) is -0.223. The van der Waals surface area contributed by atoms with E-state index in [0.29, 0.717) is 6.54 Å². The minimum atomic E-state index is -0.223. The molecule has 2 rings (SSSR count). The van der Waals surface area contributed by atoms with Gasteiger partial charge in [-0.25, -0.2) is 0 Å². The summed E-state index contributed by atoms with van der Waals surface area (Å²) in [5, 5.41) is 3.46. The molecule has 6 heteroatoms. The Bertz CT molecular complexity index is 372. The number of hydrogen-bond acceptors (Lipinski definition) is 2. The van der Waals surface area contributed by atoms with Gasteiger partial charge in [-0.3, -0.25) is 9.79 Å². The summed E-state index contributed by atoms with van der Waals surface area (Å²) in [4.78, 5) is 20.9. The van der Waals surface area contributed by atoms with E-state index in [2.05, 4.69) is 15.2 Å². The predicted molar refractivity (Wildman–Crippen MR) is 97.2 cm³/mol. The van der Waals surface area contributed by atoms with E-state index in [9.17, 15) is 4.79 Å². The molecule has 1 heterocycles. The molecular weight excluding hydrogens is 379 g/mol. The van der Waals surface area contributed by atoms with Gasteiger partial charge in [-0.15, -0.1) is 24.0 Å². The molecule has 122 valence electrons. The van der Waals surface area contributed by atoms with Crippen molar-refractivity contribution < 1.29 is 4.79 Å². The van der Waals surface area contributed by atoms with Crippen LogP contribution in [0.5, 0.6) is 0 Å². The Morgan fingerprint density at radius 2 is 1.76 bits per heavy atom. The first kappa shape index (κ1) is 18.5. The lowest BCUT2D eigenvalue weighted by atomic mass is 9.84. The van der Waals surface area contributed by atoms with E-state index in [0.717, 1.165) is 44.7 Å². The highest BCUT2D eigenvalue weighted by molar-refractivity contribution is 14.0. The summed E-state index contributed by atoms with van der Waals surface area (Å²) < 4.78 is 0. The van der Waals surface area contributed by atoms with Gasteiger partial charge in [0.25, 0.3) is 0 Å². The van der Waals surface area contributed by atoms with Crippen molar-refractivity contribution in [2.75, 3.05) is 40.8 Å². The van der Waals surface area contributed by atoms with Crippen molar-refractivity contribution in [1.82, 2.24) is 15.1 Å². The molecule has 1 aliphatic heterocycles. The van der Waals surface area contributed by atoms with Crippen LogP contribution in [-0.4, -0.2) is 62.4 Å². The molecule has 0 aromatic rings. The van der Waals surface area contributed by atoms with Gasteiger partial charge in [0.1, 0.15) is 0 Å². The van der Waals surface area contributed by atoms with Crippen molar-refractivity contribution in [3.05, 3.63) is 0 Å². The maximum Gasteiger partial charge on any atom is 0.230 e. The van der Waals surface area contributed by atoms with Crippen LogP contribution in [0, 0.1) is 5.41 Å². The molecule has 21 heavy (non-hydrogen) atoms. The SMILES string of the molecule is CN=C(NCC1(C(=O)N(C)C)CCCC1)N1CCCC1.I. The first-order chi connectivity index (χ1) is 9.59. The molecule has 0 aromatic heterocycles. The first-order valence-electron chi connectivity index (χ1n) is 7.76. The Morgan fingerprint density at radius 3 is 2.24 bits per heavy atom. The highest BCUT2D eigenvalue weighted by Gasteiger charge is 2.42. The van der Waals surface area contributed by atoms with Crippen molar-refractivity contribution in [2.24, 2.45) is 10.4 Å². The Morgan fingerprint density at radius 1 is 1.19 bits per heavy atom. The minimum Gasteiger partial charge on any atom is -0.355 e. The maximum atomic E-state index is 12.5. The van der Waals surface area contributed by atoms with Crippen molar-refractivity contribution in [3.8, 4) is 0 Å². The molecular formula is C15H29IN4O. The number of carbonyl (C=O) groups excluding carboxylic acids is 1. The highest BCUT2D eigenvalue weighted by Crippen LogP contribution is 2.38. The zero-order valence-corrected chi connectivity index (χ0v) is 15.9. The number of halogens is 1. The van der Waals surface area contributed by atoms with E-state index in [4.69, 9.17) is 0 Å². The van der Waals surface area contributed by atoms with Crippen LogP contribution in [0.4, 0.5) is 0 Å². The van der Waals surface area contributed by atoms with Gasteiger partial charge >= 0.3 is 0 Å². The third kappa shape index (κ3) is 4.23. The minimum absolute atomic E-state index is 0. The largest absolute Gasteiger partial charge is 0.355 e. The number of nitrogens with zero attached hydrogens (tertiary/aromatic N) is 3. The maximum absolute atomic E-state index is 12.5. The van der Waals surface area contributed by atoms with Crippen molar-refractivity contribution in [3.63, 3.8) is 0 Å². The third-order valence-corrected chi connectivity index (χ3v) is 4.62. The van der Waals surface area contributed by atoms with Crippen LogP contribution in [0.25, 0.3) is 0 Å². The lowest BCUT2D eigenvalue weighted by molar-refractivity contribution is -0.138. The van der Waals surface area contributed by atoms with Crippen LogP contribution in [0.15, 0.2) is 4.99 Å². The lowest BCUT2D eigenvalue weighted by Gasteiger charge is -2.32. The van der Waals surface area contributed by atoms with Gasteiger partial charge in [0, 0.05) is 40.8 Å². The summed E-state index contributed by atoms with van der Waals surface area (Å²) >= 11 is 0. The normalized spacial score (nSPS) is 21.1. The fraction of sp³-hybridized carbons (Fsp3) is 0.867. The number of rotatable bonds is 3. The van der Waals surface area contributed by atoms with Gasteiger partial charge in [-0.1, -0.05) is 12.8 Å². The summed E-state index contributed by atoms with van der Waals surface area (Å²) in [6.45, 7) is 2.87. The Balaban J connectivity index is 0.00000220. The second-order valence-electron chi connectivity index (χ2n) is 6.28. The summed E-state index contributed by atoms with van der Waals surface area (Å²) in [6, 6.07) is 0. The van der Waals surface area contributed by atoms with Crippen LogP contribution in [0.3, 0.4) is 0 Å². The van der Waals surface area contributed by atoms with E-state index in [1.54, 1.807) is 4.90 Å². The van der Waals surface area contributed by atoms with E-state index in [1.807, 2.05) is 21.1 Å². The van der Waals surface area contributed by atoms with Crippen LogP contribution in [-0.2, 0) is 4.79 Å². The van der Waals surface area contributed by atoms with Gasteiger partial charge < -0.3 is 15.1 Å². The number of nitrogens with one attached hydrogen (secondary N) is 1. The molecule has 1 N–H and O–H groups in total. The Kier molecular flexibility index (Phi) is 7.23. The zero-order valence-electron chi connectivity index (χ0n) is 13.5. The summed E-state index contributed by atoms with van der Waals surface area (Å²) in [6.07, 6.45) is 6.78. The molecule has 0 atom stereocenters. The van der Waals surface area contributed by atoms with E-state index < -0.39 is 0 Å². The first-order valence-corrected chi connectivity index (χ1v) is 7.76. The Labute approximate surface area is 145 Å². The number of guanidine groups is 1. The predicted octanol–water partition coefficient (Wildman–Crippen LogP) is 1.92.